The van der Waals surface area contributed by atoms with Crippen LogP contribution in [0.3, 0.4) is 0 Å². The number of aryl methyl sites for hydroxylation is 2. The van der Waals surface area contributed by atoms with Gasteiger partial charge >= 0.3 is 6.18 Å². The molecule has 1 aromatic carbocycles. The topological polar surface area (TPSA) is 12.0 Å². The van der Waals surface area contributed by atoms with Crippen molar-refractivity contribution in [3.05, 3.63) is 33.9 Å². The summed E-state index contributed by atoms with van der Waals surface area (Å²) in [5.41, 5.74) is 5.54. The molecule has 0 fully saturated rings. The fourth-order valence-electron chi connectivity index (χ4n) is 2.75. The van der Waals surface area contributed by atoms with Crippen molar-refractivity contribution in [3.63, 3.8) is 0 Å². The van der Waals surface area contributed by atoms with Crippen molar-refractivity contribution in [1.29, 1.82) is 0 Å². The Bertz CT molecular complexity index is 452. The van der Waals surface area contributed by atoms with E-state index in [4.69, 9.17) is 0 Å². The quantitative estimate of drug-likeness (QED) is 0.751. The van der Waals surface area contributed by atoms with Crippen LogP contribution in [0.4, 0.5) is 13.2 Å². The predicted molar refractivity (Wildman–Crippen MR) is 81.7 cm³/mol. The highest BCUT2D eigenvalue weighted by Crippen LogP contribution is 2.33. The molecular formula is C17H26F3N. The third-order valence-corrected chi connectivity index (χ3v) is 4.13. The van der Waals surface area contributed by atoms with Gasteiger partial charge in [-0.25, -0.2) is 0 Å². The molecule has 1 unspecified atom stereocenters. The Kier molecular flexibility index (Phi) is 6.26. The zero-order valence-electron chi connectivity index (χ0n) is 13.6. The van der Waals surface area contributed by atoms with Crippen LogP contribution >= 0.6 is 0 Å². The first-order chi connectivity index (χ1) is 9.67. The minimum atomic E-state index is -4.10. The van der Waals surface area contributed by atoms with E-state index in [1.165, 1.54) is 0 Å². The maximum absolute atomic E-state index is 12.6. The van der Waals surface area contributed by atoms with Gasteiger partial charge in [-0.05, 0) is 74.9 Å². The first-order valence-corrected chi connectivity index (χ1v) is 7.54. The molecule has 0 aromatic heterocycles. The Morgan fingerprint density at radius 2 is 1.57 bits per heavy atom. The van der Waals surface area contributed by atoms with E-state index in [0.29, 0.717) is 0 Å². The van der Waals surface area contributed by atoms with Gasteiger partial charge in [-0.1, -0.05) is 13.0 Å². The van der Waals surface area contributed by atoms with Crippen LogP contribution in [0, 0.1) is 27.7 Å². The molecule has 21 heavy (non-hydrogen) atoms. The molecule has 0 spiro atoms. The molecule has 0 heterocycles. The molecule has 0 radical (unpaired) electrons. The van der Waals surface area contributed by atoms with Gasteiger partial charge in [0, 0.05) is 12.5 Å². The second-order valence-corrected chi connectivity index (χ2v) is 5.83. The van der Waals surface area contributed by atoms with Crippen LogP contribution in [-0.2, 0) is 0 Å². The zero-order chi connectivity index (χ0) is 16.2. The Balaban J connectivity index is 3.13. The van der Waals surface area contributed by atoms with E-state index in [9.17, 15) is 13.2 Å². The van der Waals surface area contributed by atoms with Crippen molar-refractivity contribution in [3.8, 4) is 0 Å². The average Bonchev–Trinajstić information content (AvgIpc) is 2.38. The summed E-state index contributed by atoms with van der Waals surface area (Å²) in [6.07, 6.45) is -3.85. The molecule has 1 rings (SSSR count). The molecule has 0 saturated carbocycles. The summed E-state index contributed by atoms with van der Waals surface area (Å²) in [7, 11) is 0. The van der Waals surface area contributed by atoms with E-state index in [1.54, 1.807) is 0 Å². The third-order valence-electron chi connectivity index (χ3n) is 4.13. The molecule has 0 aliphatic heterocycles. The van der Waals surface area contributed by atoms with Gasteiger partial charge in [0.05, 0.1) is 0 Å². The first kappa shape index (κ1) is 18.0. The van der Waals surface area contributed by atoms with E-state index in [2.05, 4.69) is 11.4 Å². The fraction of sp³-hybridized carbons (Fsp3) is 0.647. The number of halogens is 3. The van der Waals surface area contributed by atoms with Crippen LogP contribution in [0.15, 0.2) is 6.07 Å². The molecule has 0 bridgehead atoms. The summed E-state index contributed by atoms with van der Waals surface area (Å²) in [6.45, 7) is 10.8. The lowest BCUT2D eigenvalue weighted by Crippen LogP contribution is -2.26. The van der Waals surface area contributed by atoms with Gasteiger partial charge in [-0.2, -0.15) is 13.2 Å². The Morgan fingerprint density at radius 1 is 1.05 bits per heavy atom. The second kappa shape index (κ2) is 7.30. The number of hydrogen-bond donors (Lipinski definition) is 1. The molecule has 4 heteroatoms. The van der Waals surface area contributed by atoms with Crippen molar-refractivity contribution in [2.75, 3.05) is 6.54 Å². The summed E-state index contributed by atoms with van der Waals surface area (Å²) < 4.78 is 37.8. The van der Waals surface area contributed by atoms with Gasteiger partial charge in [-0.15, -0.1) is 0 Å². The van der Waals surface area contributed by atoms with Crippen LogP contribution in [0.1, 0.15) is 60.0 Å². The molecule has 0 aliphatic rings. The minimum Gasteiger partial charge on any atom is -0.310 e. The van der Waals surface area contributed by atoms with Crippen LogP contribution in [0.2, 0.25) is 0 Å². The number of nitrogens with one attached hydrogen (secondary N) is 1. The van der Waals surface area contributed by atoms with Crippen molar-refractivity contribution >= 4 is 0 Å². The normalized spacial score (nSPS) is 13.5. The minimum absolute atomic E-state index is 0.0913. The Morgan fingerprint density at radius 3 is 2.00 bits per heavy atom. The predicted octanol–water partition coefficient (Wildman–Crippen LogP) is 5.30. The SMILES string of the molecule is CCCNC(CCC(F)(F)F)c1c(C)c(C)cc(C)c1C. The molecule has 1 nitrogen and oxygen atoms in total. The second-order valence-electron chi connectivity index (χ2n) is 5.83. The number of alkyl halides is 3. The third kappa shape index (κ3) is 5.03. The van der Waals surface area contributed by atoms with Gasteiger partial charge in [0.2, 0.25) is 0 Å². The lowest BCUT2D eigenvalue weighted by molar-refractivity contribution is -0.136. The molecule has 1 atom stereocenters. The smallest absolute Gasteiger partial charge is 0.310 e. The number of hydrogen-bond acceptors (Lipinski definition) is 1. The first-order valence-electron chi connectivity index (χ1n) is 7.54. The summed E-state index contributed by atoms with van der Waals surface area (Å²) in [5.74, 6) is 0. The van der Waals surface area contributed by atoms with Gasteiger partial charge in [-0.3, -0.25) is 0 Å². The maximum Gasteiger partial charge on any atom is 0.389 e. The highest BCUT2D eigenvalue weighted by Gasteiger charge is 2.29. The lowest BCUT2D eigenvalue weighted by atomic mass is 9.88. The van der Waals surface area contributed by atoms with E-state index in [1.807, 2.05) is 34.6 Å². The molecule has 0 amide bonds. The fourth-order valence-corrected chi connectivity index (χ4v) is 2.75. The standard InChI is InChI=1S/C17H26F3N/c1-6-9-21-15(7-8-17(18,19)20)16-13(4)11(2)10-12(3)14(16)5/h10,15,21H,6-9H2,1-5H3. The molecular weight excluding hydrogens is 275 g/mol. The van der Waals surface area contributed by atoms with Gasteiger partial charge in [0.25, 0.3) is 0 Å². The van der Waals surface area contributed by atoms with E-state index in [0.717, 1.165) is 40.8 Å². The van der Waals surface area contributed by atoms with Crippen molar-refractivity contribution < 1.29 is 13.2 Å². The van der Waals surface area contributed by atoms with Crippen LogP contribution in [0.25, 0.3) is 0 Å². The monoisotopic (exact) mass is 301 g/mol. The lowest BCUT2D eigenvalue weighted by Gasteiger charge is -2.25. The molecule has 0 aliphatic carbocycles. The molecule has 1 aromatic rings. The average molecular weight is 301 g/mol. The highest BCUT2D eigenvalue weighted by molar-refractivity contribution is 5.45. The summed E-state index contributed by atoms with van der Waals surface area (Å²) >= 11 is 0. The van der Waals surface area contributed by atoms with E-state index in [-0.39, 0.29) is 12.5 Å². The van der Waals surface area contributed by atoms with Crippen LogP contribution in [-0.4, -0.2) is 12.7 Å². The van der Waals surface area contributed by atoms with E-state index < -0.39 is 12.6 Å². The van der Waals surface area contributed by atoms with Crippen LogP contribution < -0.4 is 5.32 Å². The molecule has 0 saturated heterocycles. The zero-order valence-corrected chi connectivity index (χ0v) is 13.6. The summed E-state index contributed by atoms with van der Waals surface area (Å²) in [5, 5.41) is 3.29. The summed E-state index contributed by atoms with van der Waals surface area (Å²) in [4.78, 5) is 0. The van der Waals surface area contributed by atoms with Crippen molar-refractivity contribution in [2.24, 2.45) is 0 Å². The van der Waals surface area contributed by atoms with Gasteiger partial charge in [0.1, 0.15) is 0 Å². The highest BCUT2D eigenvalue weighted by atomic mass is 19.4. The van der Waals surface area contributed by atoms with Gasteiger partial charge < -0.3 is 5.32 Å². The Labute approximate surface area is 125 Å². The van der Waals surface area contributed by atoms with Crippen molar-refractivity contribution in [1.82, 2.24) is 5.32 Å². The maximum atomic E-state index is 12.6. The van der Waals surface area contributed by atoms with E-state index >= 15 is 0 Å². The number of rotatable bonds is 6. The largest absolute Gasteiger partial charge is 0.389 e. The van der Waals surface area contributed by atoms with Crippen molar-refractivity contribution in [2.45, 2.75) is 66.1 Å². The molecule has 1 N–H and O–H groups in total. The van der Waals surface area contributed by atoms with Gasteiger partial charge in [0.15, 0.2) is 0 Å². The number of benzene rings is 1. The van der Waals surface area contributed by atoms with Crippen LogP contribution in [0.5, 0.6) is 0 Å². The Hall–Kier alpha value is -1.03. The summed E-state index contributed by atoms with van der Waals surface area (Å²) in [6, 6.07) is 1.87. The molecule has 120 valence electrons.